The number of aryl methyl sites for hydroxylation is 1. The Kier molecular flexibility index (Phi) is 2.97. The summed E-state index contributed by atoms with van der Waals surface area (Å²) in [5, 5.41) is 2.83. The number of piperidine rings is 1. The number of aromatic nitrogens is 2. The van der Waals surface area contributed by atoms with Crippen LogP contribution in [0.1, 0.15) is 18.9 Å². The Morgan fingerprint density at radius 3 is 2.84 bits per heavy atom. The van der Waals surface area contributed by atoms with Crippen molar-refractivity contribution in [2.45, 2.75) is 18.9 Å². The Labute approximate surface area is 118 Å². The lowest BCUT2D eigenvalue weighted by atomic mass is 10.1. The fourth-order valence-electron chi connectivity index (χ4n) is 2.64. The van der Waals surface area contributed by atoms with Crippen molar-refractivity contribution in [1.29, 1.82) is 0 Å². The van der Waals surface area contributed by atoms with Crippen LogP contribution in [0.4, 0.5) is 0 Å². The van der Waals surface area contributed by atoms with Crippen LogP contribution in [0.3, 0.4) is 0 Å². The molecule has 1 amide bonds. The third kappa shape index (κ3) is 1.90. The van der Waals surface area contributed by atoms with Crippen LogP contribution in [0.5, 0.6) is 0 Å². The minimum absolute atomic E-state index is 0.0660. The van der Waals surface area contributed by atoms with Gasteiger partial charge in [-0.2, -0.15) is 0 Å². The van der Waals surface area contributed by atoms with Gasteiger partial charge in [0.05, 0.1) is 11.0 Å². The lowest BCUT2D eigenvalue weighted by Crippen LogP contribution is -2.41. The molecule has 5 nitrogen and oxygen atoms in total. The zero-order chi connectivity index (χ0) is 13.6. The van der Waals surface area contributed by atoms with E-state index in [4.69, 9.17) is 0 Å². The van der Waals surface area contributed by atoms with Crippen LogP contribution in [0.15, 0.2) is 27.5 Å². The van der Waals surface area contributed by atoms with E-state index in [0.29, 0.717) is 13.0 Å². The second-order valence-electron chi connectivity index (χ2n) is 4.79. The normalized spacial score (nSPS) is 19.7. The summed E-state index contributed by atoms with van der Waals surface area (Å²) in [5.74, 6) is -0.0660. The van der Waals surface area contributed by atoms with Gasteiger partial charge in [0.25, 0.3) is 0 Å². The summed E-state index contributed by atoms with van der Waals surface area (Å²) in [4.78, 5) is 24.4. The van der Waals surface area contributed by atoms with Crippen LogP contribution in [0.2, 0.25) is 0 Å². The van der Waals surface area contributed by atoms with Crippen molar-refractivity contribution >= 4 is 32.9 Å². The number of halogens is 1. The number of imidazole rings is 1. The van der Waals surface area contributed by atoms with Gasteiger partial charge in [-0.05, 0) is 31.0 Å². The Morgan fingerprint density at radius 2 is 2.11 bits per heavy atom. The highest BCUT2D eigenvalue weighted by molar-refractivity contribution is 9.10. The first-order valence-electron chi connectivity index (χ1n) is 6.24. The molecule has 100 valence electrons. The molecule has 0 bridgehead atoms. The monoisotopic (exact) mass is 323 g/mol. The molecule has 1 aromatic heterocycles. The molecule has 1 aliphatic rings. The molecule has 6 heteroatoms. The molecule has 3 rings (SSSR count). The number of carbonyl (C=O) groups excluding carboxylic acids is 1. The molecule has 1 N–H and O–H groups in total. The molecule has 0 radical (unpaired) electrons. The fraction of sp³-hybridized carbons (Fsp3) is 0.385. The number of nitrogens with one attached hydrogen (secondary N) is 1. The summed E-state index contributed by atoms with van der Waals surface area (Å²) < 4.78 is 4.11. The van der Waals surface area contributed by atoms with E-state index < -0.39 is 6.04 Å². The van der Waals surface area contributed by atoms with E-state index in [0.717, 1.165) is 21.9 Å². The third-order valence-electron chi connectivity index (χ3n) is 3.62. The van der Waals surface area contributed by atoms with Gasteiger partial charge < -0.3 is 5.32 Å². The highest BCUT2D eigenvalue weighted by Gasteiger charge is 2.27. The molecule has 1 saturated heterocycles. The van der Waals surface area contributed by atoms with Crippen LogP contribution < -0.4 is 11.0 Å². The van der Waals surface area contributed by atoms with Gasteiger partial charge in [-0.3, -0.25) is 13.9 Å². The fourth-order valence-corrected chi connectivity index (χ4v) is 2.99. The molecule has 2 aromatic rings. The average molecular weight is 324 g/mol. The molecule has 19 heavy (non-hydrogen) atoms. The quantitative estimate of drug-likeness (QED) is 0.865. The van der Waals surface area contributed by atoms with E-state index in [9.17, 15) is 9.59 Å². The first-order chi connectivity index (χ1) is 9.09. The lowest BCUT2D eigenvalue weighted by molar-refractivity contribution is -0.125. The van der Waals surface area contributed by atoms with E-state index in [1.54, 1.807) is 16.2 Å². The van der Waals surface area contributed by atoms with Crippen molar-refractivity contribution in [1.82, 2.24) is 14.5 Å². The van der Waals surface area contributed by atoms with Crippen LogP contribution in [0, 0.1) is 0 Å². The second-order valence-corrected chi connectivity index (χ2v) is 5.71. The largest absolute Gasteiger partial charge is 0.354 e. The summed E-state index contributed by atoms with van der Waals surface area (Å²) in [7, 11) is 1.73. The molecule has 1 unspecified atom stereocenters. The Balaban J connectivity index is 2.26. The number of rotatable bonds is 1. The van der Waals surface area contributed by atoms with E-state index in [1.165, 1.54) is 0 Å². The number of carbonyl (C=O) groups is 1. The van der Waals surface area contributed by atoms with Crippen LogP contribution in [-0.4, -0.2) is 21.6 Å². The summed E-state index contributed by atoms with van der Waals surface area (Å²) >= 11 is 3.40. The van der Waals surface area contributed by atoms with E-state index in [2.05, 4.69) is 21.2 Å². The van der Waals surface area contributed by atoms with E-state index in [1.807, 2.05) is 18.2 Å². The predicted molar refractivity (Wildman–Crippen MR) is 76.2 cm³/mol. The van der Waals surface area contributed by atoms with Crippen LogP contribution in [0.25, 0.3) is 11.0 Å². The van der Waals surface area contributed by atoms with Gasteiger partial charge in [0, 0.05) is 18.1 Å². The molecule has 2 heterocycles. The number of nitrogens with zero attached hydrogens (tertiary/aromatic N) is 2. The van der Waals surface area contributed by atoms with Gasteiger partial charge in [-0.15, -0.1) is 0 Å². The van der Waals surface area contributed by atoms with Crippen molar-refractivity contribution in [2.75, 3.05) is 6.54 Å². The third-order valence-corrected chi connectivity index (χ3v) is 4.11. The highest BCUT2D eigenvalue weighted by Crippen LogP contribution is 2.24. The minimum atomic E-state index is -0.397. The maximum Gasteiger partial charge on any atom is 0.329 e. The minimum Gasteiger partial charge on any atom is -0.354 e. The molecular formula is C13H14BrN3O2. The van der Waals surface area contributed by atoms with Gasteiger partial charge in [-0.25, -0.2) is 4.79 Å². The SMILES string of the molecule is Cn1c(=O)n(C2CCCNC2=O)c2ccc(Br)cc21. The van der Waals surface area contributed by atoms with Gasteiger partial charge in [0.1, 0.15) is 6.04 Å². The van der Waals surface area contributed by atoms with E-state index in [-0.39, 0.29) is 11.6 Å². The lowest BCUT2D eigenvalue weighted by Gasteiger charge is -2.22. The van der Waals surface area contributed by atoms with Gasteiger partial charge in [0.2, 0.25) is 5.91 Å². The van der Waals surface area contributed by atoms with Crippen molar-refractivity contribution in [2.24, 2.45) is 7.05 Å². The Hall–Kier alpha value is -1.56. The van der Waals surface area contributed by atoms with Gasteiger partial charge in [-0.1, -0.05) is 15.9 Å². The maximum atomic E-state index is 12.4. The van der Waals surface area contributed by atoms with Crippen LogP contribution in [-0.2, 0) is 11.8 Å². The topological polar surface area (TPSA) is 56.0 Å². The van der Waals surface area contributed by atoms with Crippen molar-refractivity contribution < 1.29 is 4.79 Å². The molecule has 1 fully saturated rings. The predicted octanol–water partition coefficient (Wildman–Crippen LogP) is 1.55. The molecular weight excluding hydrogens is 310 g/mol. The van der Waals surface area contributed by atoms with Crippen molar-refractivity contribution in [3.05, 3.63) is 33.2 Å². The molecule has 0 aliphatic carbocycles. The smallest absolute Gasteiger partial charge is 0.329 e. The number of fused-ring (bicyclic) bond motifs is 1. The molecule has 1 aromatic carbocycles. The zero-order valence-corrected chi connectivity index (χ0v) is 12.1. The second kappa shape index (κ2) is 4.52. The van der Waals surface area contributed by atoms with E-state index >= 15 is 0 Å². The average Bonchev–Trinajstić information content (AvgIpc) is 2.64. The highest BCUT2D eigenvalue weighted by atomic mass is 79.9. The summed E-state index contributed by atoms with van der Waals surface area (Å²) in [6.45, 7) is 0.695. The van der Waals surface area contributed by atoms with Crippen molar-refractivity contribution in [3.8, 4) is 0 Å². The molecule has 1 atom stereocenters. The zero-order valence-electron chi connectivity index (χ0n) is 10.5. The molecule has 0 saturated carbocycles. The van der Waals surface area contributed by atoms with Crippen LogP contribution >= 0.6 is 15.9 Å². The first kappa shape index (κ1) is 12.5. The Morgan fingerprint density at radius 1 is 1.32 bits per heavy atom. The number of amides is 1. The standard InChI is InChI=1S/C13H14BrN3O2/c1-16-11-7-8(14)4-5-9(11)17(13(16)19)10-3-2-6-15-12(10)18/h4-5,7,10H,2-3,6H2,1H3,(H,15,18). The molecule has 0 spiro atoms. The van der Waals surface area contributed by atoms with Gasteiger partial charge >= 0.3 is 5.69 Å². The number of hydrogen-bond acceptors (Lipinski definition) is 2. The van der Waals surface area contributed by atoms with Crippen molar-refractivity contribution in [3.63, 3.8) is 0 Å². The summed E-state index contributed by atoms with van der Waals surface area (Å²) in [5.41, 5.74) is 1.49. The summed E-state index contributed by atoms with van der Waals surface area (Å²) in [6, 6.07) is 5.27. The number of hydrogen-bond donors (Lipinski definition) is 1. The summed E-state index contributed by atoms with van der Waals surface area (Å²) in [6.07, 6.45) is 1.61. The van der Waals surface area contributed by atoms with Gasteiger partial charge in [0.15, 0.2) is 0 Å². The number of benzene rings is 1. The first-order valence-corrected chi connectivity index (χ1v) is 7.03. The Bertz CT molecular complexity index is 716. The maximum absolute atomic E-state index is 12.4. The molecule has 1 aliphatic heterocycles.